The minimum absolute atomic E-state index is 0.199. The molecule has 1 atom stereocenters. The van der Waals surface area contributed by atoms with Crippen LogP contribution in [0.15, 0.2) is 23.7 Å². The van der Waals surface area contributed by atoms with Gasteiger partial charge in [-0.25, -0.2) is 9.78 Å². The Morgan fingerprint density at radius 2 is 1.89 bits per heavy atom. The van der Waals surface area contributed by atoms with Gasteiger partial charge in [0, 0.05) is 31.4 Å². The van der Waals surface area contributed by atoms with Crippen molar-refractivity contribution in [1.29, 1.82) is 0 Å². The lowest BCUT2D eigenvalue weighted by atomic mass is 10.0. The van der Waals surface area contributed by atoms with Crippen LogP contribution in [0.3, 0.4) is 0 Å². The van der Waals surface area contributed by atoms with Crippen LogP contribution in [0, 0.1) is 12.8 Å². The highest BCUT2D eigenvalue weighted by Gasteiger charge is 2.38. The number of aryl methyl sites for hydroxylation is 1. The van der Waals surface area contributed by atoms with E-state index in [2.05, 4.69) is 81.1 Å². The first-order chi connectivity index (χ1) is 17.1. The van der Waals surface area contributed by atoms with Gasteiger partial charge in [-0.3, -0.25) is 0 Å². The molecule has 8 heteroatoms. The highest BCUT2D eigenvalue weighted by molar-refractivity contribution is 7.13. The summed E-state index contributed by atoms with van der Waals surface area (Å²) in [5.74, 6) is 0.384. The van der Waals surface area contributed by atoms with E-state index in [-0.39, 0.29) is 5.04 Å². The van der Waals surface area contributed by atoms with Gasteiger partial charge in [0.2, 0.25) is 0 Å². The summed E-state index contributed by atoms with van der Waals surface area (Å²) < 4.78 is 12.1. The number of carbonyl (C=O) groups excluding carboxylic acids is 1. The van der Waals surface area contributed by atoms with Crippen molar-refractivity contribution in [3.05, 3.63) is 35.0 Å². The van der Waals surface area contributed by atoms with Crippen molar-refractivity contribution < 1.29 is 14.0 Å². The van der Waals surface area contributed by atoms with Crippen LogP contribution in [-0.4, -0.2) is 44.2 Å². The summed E-state index contributed by atoms with van der Waals surface area (Å²) in [6.45, 7) is 23.6. The second kappa shape index (κ2) is 11.5. The Kier molecular flexibility index (Phi) is 9.18. The average Bonchev–Trinajstić information content (AvgIpc) is 3.53. The van der Waals surface area contributed by atoms with Crippen molar-refractivity contribution in [1.82, 2.24) is 10.3 Å². The van der Waals surface area contributed by atoms with Crippen LogP contribution in [0.2, 0.25) is 18.1 Å². The first-order valence-electron chi connectivity index (χ1n) is 13.5. The van der Waals surface area contributed by atoms with Gasteiger partial charge in [-0.05, 0) is 81.8 Å². The Hall–Kier alpha value is -1.90. The molecule has 37 heavy (non-hydrogen) atoms. The van der Waals surface area contributed by atoms with Gasteiger partial charge in [0.15, 0.2) is 8.32 Å². The van der Waals surface area contributed by atoms with Gasteiger partial charge in [-0.15, -0.1) is 11.3 Å². The van der Waals surface area contributed by atoms with E-state index in [9.17, 15) is 4.79 Å². The van der Waals surface area contributed by atoms with Gasteiger partial charge >= 0.3 is 6.09 Å². The molecule has 1 N–H and O–H groups in total. The molecule has 0 spiro atoms. The van der Waals surface area contributed by atoms with Gasteiger partial charge in [0.25, 0.3) is 0 Å². The highest BCUT2D eigenvalue weighted by Crippen LogP contribution is 2.39. The van der Waals surface area contributed by atoms with Crippen molar-refractivity contribution >= 4 is 31.4 Å². The lowest BCUT2D eigenvalue weighted by molar-refractivity contribution is 0.0523. The molecule has 1 saturated carbocycles. The van der Waals surface area contributed by atoms with Gasteiger partial charge in [-0.1, -0.05) is 39.8 Å². The average molecular weight is 546 g/mol. The third-order valence-corrected chi connectivity index (χ3v) is 12.7. The summed E-state index contributed by atoms with van der Waals surface area (Å²) in [6, 6.07) is 7.10. The third kappa shape index (κ3) is 8.29. The molecule has 1 amide bonds. The number of carbonyl (C=O) groups is 1. The Morgan fingerprint density at radius 1 is 1.22 bits per heavy atom. The third-order valence-electron chi connectivity index (χ3n) is 7.26. The molecule has 0 aliphatic heterocycles. The van der Waals surface area contributed by atoms with Crippen LogP contribution in [0.4, 0.5) is 10.5 Å². The molecule has 2 aromatic rings. The summed E-state index contributed by atoms with van der Waals surface area (Å²) in [4.78, 5) is 20.6. The first-order valence-corrected chi connectivity index (χ1v) is 17.3. The van der Waals surface area contributed by atoms with E-state index in [0.29, 0.717) is 18.5 Å². The molecule has 1 unspecified atom stereocenters. The topological polar surface area (TPSA) is 63.7 Å². The van der Waals surface area contributed by atoms with Gasteiger partial charge in [0.05, 0.1) is 16.1 Å². The number of nitrogens with one attached hydrogen (secondary N) is 1. The number of alkyl carbamates (subject to hydrolysis) is 1. The van der Waals surface area contributed by atoms with Crippen molar-refractivity contribution in [2.45, 2.75) is 105 Å². The number of amides is 1. The zero-order valence-corrected chi connectivity index (χ0v) is 26.3. The van der Waals surface area contributed by atoms with E-state index in [4.69, 9.17) is 9.16 Å². The second-order valence-corrected chi connectivity index (χ2v) is 18.7. The summed E-state index contributed by atoms with van der Waals surface area (Å²) in [5.41, 5.74) is 5.88. The number of hydrogen-bond acceptors (Lipinski definition) is 6. The Bertz CT molecular complexity index is 1070. The Balaban J connectivity index is 1.85. The number of nitrogens with zero attached hydrogens (tertiary/aromatic N) is 2. The standard InChI is InChI=1S/C29H47N3O3SSi/c1-20(18-34-37(9,10)29(6,7)8)17-32(24-13-14-24)25-15-22(26-21(2)31-19-36-26)11-12-23(25)16-30-27(33)35-28(3,4)5/h11-12,15,19-20,24H,13-14,16-18H2,1-10H3,(H,30,33). The molecular weight excluding hydrogens is 498 g/mol. The van der Waals surface area contributed by atoms with Gasteiger partial charge < -0.3 is 19.4 Å². The molecule has 1 aliphatic carbocycles. The minimum Gasteiger partial charge on any atom is -0.444 e. The number of rotatable bonds is 10. The summed E-state index contributed by atoms with van der Waals surface area (Å²) in [5, 5.41) is 3.17. The zero-order chi connectivity index (χ0) is 27.6. The van der Waals surface area contributed by atoms with E-state index in [0.717, 1.165) is 24.4 Å². The summed E-state index contributed by atoms with van der Waals surface area (Å²) in [7, 11) is -1.80. The normalized spacial score (nSPS) is 15.4. The summed E-state index contributed by atoms with van der Waals surface area (Å²) in [6.07, 6.45) is 1.99. The number of hydrogen-bond donors (Lipinski definition) is 1. The van der Waals surface area contributed by atoms with E-state index in [1.165, 1.54) is 29.0 Å². The van der Waals surface area contributed by atoms with E-state index >= 15 is 0 Å². The molecule has 6 nitrogen and oxygen atoms in total. The SMILES string of the molecule is Cc1ncsc1-c1ccc(CNC(=O)OC(C)(C)C)c(N(CC(C)CO[Si](C)(C)C(C)(C)C)C2CC2)c1. The van der Waals surface area contributed by atoms with Gasteiger partial charge in [-0.2, -0.15) is 0 Å². The lowest BCUT2D eigenvalue weighted by Crippen LogP contribution is -2.43. The van der Waals surface area contributed by atoms with Crippen molar-refractivity contribution in [3.8, 4) is 10.4 Å². The predicted octanol–water partition coefficient (Wildman–Crippen LogP) is 7.77. The van der Waals surface area contributed by atoms with E-state index in [1.54, 1.807) is 11.3 Å². The lowest BCUT2D eigenvalue weighted by Gasteiger charge is -2.38. The maximum Gasteiger partial charge on any atom is 0.407 e. The monoisotopic (exact) mass is 545 g/mol. The van der Waals surface area contributed by atoms with Crippen LogP contribution in [0.25, 0.3) is 10.4 Å². The largest absolute Gasteiger partial charge is 0.444 e. The van der Waals surface area contributed by atoms with Crippen LogP contribution in [0.1, 0.15) is 72.6 Å². The zero-order valence-electron chi connectivity index (χ0n) is 24.5. The molecule has 0 radical (unpaired) electrons. The van der Waals surface area contributed by atoms with Crippen molar-refractivity contribution in [2.75, 3.05) is 18.1 Å². The van der Waals surface area contributed by atoms with Crippen LogP contribution < -0.4 is 10.2 Å². The molecule has 0 bridgehead atoms. The number of ether oxygens (including phenoxy) is 1. The van der Waals surface area contributed by atoms with Crippen molar-refractivity contribution in [2.24, 2.45) is 5.92 Å². The first kappa shape index (κ1) is 29.6. The number of benzene rings is 1. The number of aromatic nitrogens is 1. The molecule has 3 rings (SSSR count). The van der Waals surface area contributed by atoms with E-state index in [1.807, 2.05) is 26.3 Å². The molecule has 1 aromatic carbocycles. The fraction of sp³-hybridized carbons (Fsp3) is 0.655. The summed E-state index contributed by atoms with van der Waals surface area (Å²) >= 11 is 1.67. The fourth-order valence-corrected chi connectivity index (χ4v) is 5.91. The smallest absolute Gasteiger partial charge is 0.407 e. The highest BCUT2D eigenvalue weighted by atomic mass is 32.1. The quantitative estimate of drug-likeness (QED) is 0.309. The Morgan fingerprint density at radius 3 is 2.43 bits per heavy atom. The molecule has 1 fully saturated rings. The molecule has 0 saturated heterocycles. The minimum atomic E-state index is -1.80. The molecule has 1 heterocycles. The Labute approximate surface area is 229 Å². The maximum absolute atomic E-state index is 12.4. The number of anilines is 1. The van der Waals surface area contributed by atoms with Crippen LogP contribution in [0.5, 0.6) is 0 Å². The second-order valence-electron chi connectivity index (χ2n) is 13.0. The fourth-order valence-electron chi connectivity index (χ4n) is 3.97. The van der Waals surface area contributed by atoms with Crippen LogP contribution >= 0.6 is 11.3 Å². The predicted molar refractivity (Wildman–Crippen MR) is 158 cm³/mol. The van der Waals surface area contributed by atoms with E-state index < -0.39 is 20.0 Å². The molecule has 1 aromatic heterocycles. The molecular formula is C29H47N3O3SSi. The van der Waals surface area contributed by atoms with Gasteiger partial charge in [0.1, 0.15) is 5.60 Å². The van der Waals surface area contributed by atoms with Crippen molar-refractivity contribution in [3.63, 3.8) is 0 Å². The van der Waals surface area contributed by atoms with Crippen LogP contribution in [-0.2, 0) is 15.7 Å². The number of thiazole rings is 1. The molecule has 1 aliphatic rings. The molecule has 206 valence electrons. The maximum atomic E-state index is 12.4.